The Bertz CT molecular complexity index is 547. The second-order valence-electron chi connectivity index (χ2n) is 5.77. The molecular weight excluding hydrogens is 317 g/mol. The first-order valence-electron chi connectivity index (χ1n) is 7.42. The van der Waals surface area contributed by atoms with E-state index in [-0.39, 0.29) is 12.5 Å². The number of carbonyl (C=O) groups is 1. The Hall–Kier alpha value is -1.52. The molecule has 130 valence electrons. The van der Waals surface area contributed by atoms with Crippen molar-refractivity contribution in [3.8, 4) is 11.5 Å². The van der Waals surface area contributed by atoms with Crippen LogP contribution in [0.15, 0.2) is 18.2 Å². The largest absolute Gasteiger partial charge is 0.497 e. The molecule has 0 heterocycles. The van der Waals surface area contributed by atoms with E-state index in [0.717, 1.165) is 5.56 Å². The summed E-state index contributed by atoms with van der Waals surface area (Å²) in [5.74, 6) is 1.15. The van der Waals surface area contributed by atoms with E-state index in [1.165, 1.54) is 12.0 Å². The molecule has 0 fully saturated rings. The van der Waals surface area contributed by atoms with Gasteiger partial charge in [0.05, 0.1) is 21.4 Å². The highest BCUT2D eigenvalue weighted by Gasteiger charge is 2.13. The quantitative estimate of drug-likeness (QED) is 0.509. The van der Waals surface area contributed by atoms with Gasteiger partial charge in [0.25, 0.3) is 0 Å². The average molecular weight is 343 g/mol. The highest BCUT2D eigenvalue weighted by molar-refractivity contribution is 7.62. The van der Waals surface area contributed by atoms with E-state index in [4.69, 9.17) is 14.3 Å². The van der Waals surface area contributed by atoms with Gasteiger partial charge in [0, 0.05) is 25.7 Å². The molecule has 0 spiro atoms. The molecule has 7 heteroatoms. The van der Waals surface area contributed by atoms with Crippen molar-refractivity contribution < 1.29 is 23.7 Å². The highest BCUT2D eigenvalue weighted by atomic mass is 31.2. The molecule has 0 saturated heterocycles. The number of ether oxygens (including phenoxy) is 2. The van der Waals surface area contributed by atoms with E-state index < -0.39 is 7.14 Å². The lowest BCUT2D eigenvalue weighted by Gasteiger charge is -2.21. The van der Waals surface area contributed by atoms with Gasteiger partial charge in [-0.2, -0.15) is 0 Å². The van der Waals surface area contributed by atoms with E-state index in [1.54, 1.807) is 33.6 Å². The zero-order chi connectivity index (χ0) is 17.5. The fourth-order valence-corrected chi connectivity index (χ4v) is 2.91. The monoisotopic (exact) mass is 343 g/mol. The Labute approximate surface area is 138 Å². The number of hydrogen-bond acceptors (Lipinski definition) is 5. The van der Waals surface area contributed by atoms with Crippen LogP contribution in [0.25, 0.3) is 0 Å². The molecule has 0 bridgehead atoms. The van der Waals surface area contributed by atoms with Crippen molar-refractivity contribution in [2.45, 2.75) is 20.0 Å². The van der Waals surface area contributed by atoms with Gasteiger partial charge in [-0.15, -0.1) is 0 Å². The van der Waals surface area contributed by atoms with E-state index in [1.807, 2.05) is 12.1 Å². The molecule has 1 rings (SSSR count). The number of benzene rings is 1. The molecule has 6 nitrogen and oxygen atoms in total. The number of hydrogen-bond donors (Lipinski definition) is 0. The fourth-order valence-electron chi connectivity index (χ4n) is 2.01. The zero-order valence-electron chi connectivity index (χ0n) is 14.5. The summed E-state index contributed by atoms with van der Waals surface area (Å²) in [7, 11) is 1.08. The van der Waals surface area contributed by atoms with Gasteiger partial charge in [-0.05, 0) is 37.4 Å². The number of methoxy groups -OCH3 is 2. The van der Waals surface area contributed by atoms with Gasteiger partial charge >= 0.3 is 0 Å². The number of amides is 1. The average Bonchev–Trinajstić information content (AvgIpc) is 2.48. The van der Waals surface area contributed by atoms with Crippen molar-refractivity contribution in [1.82, 2.24) is 5.06 Å². The zero-order valence-corrected chi connectivity index (χ0v) is 15.4. The van der Waals surface area contributed by atoms with Crippen LogP contribution in [0.1, 0.15) is 18.9 Å². The molecule has 0 aliphatic heterocycles. The molecule has 0 atom stereocenters. The van der Waals surface area contributed by atoms with Gasteiger partial charge in [-0.25, -0.2) is 5.06 Å². The number of hydroxylamine groups is 2. The summed E-state index contributed by atoms with van der Waals surface area (Å²) in [6, 6.07) is 5.42. The molecule has 0 saturated carbocycles. The topological polar surface area (TPSA) is 65.1 Å². The van der Waals surface area contributed by atoms with E-state index >= 15 is 0 Å². The Balaban J connectivity index is 2.64. The van der Waals surface area contributed by atoms with Crippen LogP contribution in [0.5, 0.6) is 11.5 Å². The molecule has 0 unspecified atom stereocenters. The van der Waals surface area contributed by atoms with Crippen molar-refractivity contribution in [3.63, 3.8) is 0 Å². The molecule has 0 N–H and O–H groups in total. The molecule has 0 aromatic heterocycles. The molecule has 1 aromatic rings. The van der Waals surface area contributed by atoms with Crippen molar-refractivity contribution in [1.29, 1.82) is 0 Å². The van der Waals surface area contributed by atoms with Crippen LogP contribution in [0.4, 0.5) is 0 Å². The third-order valence-corrected chi connectivity index (χ3v) is 4.60. The fraction of sp³-hybridized carbons (Fsp3) is 0.562. The Morgan fingerprint density at radius 3 is 2.13 bits per heavy atom. The maximum absolute atomic E-state index is 11.7. The first-order valence-corrected chi connectivity index (χ1v) is 10.2. The van der Waals surface area contributed by atoms with E-state index in [2.05, 4.69) is 0 Å². The summed E-state index contributed by atoms with van der Waals surface area (Å²) < 4.78 is 22.1. The normalized spacial score (nSPS) is 11.2. The number of carbonyl (C=O) groups excluding carboxylic acids is 1. The third kappa shape index (κ3) is 7.53. The van der Waals surface area contributed by atoms with Crippen molar-refractivity contribution in [3.05, 3.63) is 23.8 Å². The molecular formula is C16H26NO5P. The lowest BCUT2D eigenvalue weighted by atomic mass is 10.2. The second kappa shape index (κ2) is 8.94. The summed E-state index contributed by atoms with van der Waals surface area (Å²) >= 11 is 0. The van der Waals surface area contributed by atoms with Gasteiger partial charge in [-0.3, -0.25) is 9.63 Å². The van der Waals surface area contributed by atoms with Crippen molar-refractivity contribution in [2.24, 2.45) is 0 Å². The number of nitrogens with zero attached hydrogens (tertiary/aromatic N) is 1. The smallest absolute Gasteiger partial charge is 0.243 e. The molecule has 1 aromatic carbocycles. The third-order valence-electron chi connectivity index (χ3n) is 3.21. The molecule has 0 aliphatic carbocycles. The van der Waals surface area contributed by atoms with Gasteiger partial charge in [0.1, 0.15) is 18.1 Å². The molecule has 0 radical (unpaired) electrons. The second-order valence-corrected chi connectivity index (χ2v) is 9.36. The Morgan fingerprint density at radius 2 is 1.70 bits per heavy atom. The van der Waals surface area contributed by atoms with Crippen LogP contribution in [0.2, 0.25) is 0 Å². The van der Waals surface area contributed by atoms with Crippen LogP contribution >= 0.6 is 7.14 Å². The standard InChI is InChI=1S/C16H26NO5P/c1-13(18)17(7-6-8-23(4,5)19)22-12-14-9-15(20-2)11-16(10-14)21-3/h9-11H,6-8,12H2,1-5H3. The van der Waals surface area contributed by atoms with Crippen LogP contribution in [0, 0.1) is 0 Å². The molecule has 0 aliphatic rings. The first-order chi connectivity index (χ1) is 10.7. The van der Waals surface area contributed by atoms with Crippen LogP contribution < -0.4 is 9.47 Å². The number of rotatable bonds is 9. The Kier molecular flexibility index (Phi) is 7.59. The van der Waals surface area contributed by atoms with Crippen molar-refractivity contribution >= 4 is 13.0 Å². The van der Waals surface area contributed by atoms with E-state index in [9.17, 15) is 9.36 Å². The van der Waals surface area contributed by atoms with E-state index in [0.29, 0.717) is 30.6 Å². The van der Waals surface area contributed by atoms with Gasteiger partial charge in [-0.1, -0.05) is 0 Å². The maximum atomic E-state index is 11.7. The SMILES string of the molecule is COc1cc(CON(CCCP(C)(C)=O)C(C)=O)cc(OC)c1. The summed E-state index contributed by atoms with van der Waals surface area (Å²) in [4.78, 5) is 17.2. The lowest BCUT2D eigenvalue weighted by molar-refractivity contribution is -0.189. The van der Waals surface area contributed by atoms with Gasteiger partial charge in [0.2, 0.25) is 5.91 Å². The highest BCUT2D eigenvalue weighted by Crippen LogP contribution is 2.36. The molecule has 23 heavy (non-hydrogen) atoms. The first kappa shape index (κ1) is 19.5. The Morgan fingerprint density at radius 1 is 1.13 bits per heavy atom. The van der Waals surface area contributed by atoms with Gasteiger partial charge < -0.3 is 14.0 Å². The van der Waals surface area contributed by atoms with Crippen LogP contribution in [-0.2, 0) is 20.8 Å². The minimum atomic E-state index is -2.08. The maximum Gasteiger partial charge on any atom is 0.243 e. The van der Waals surface area contributed by atoms with Crippen LogP contribution in [0.3, 0.4) is 0 Å². The molecule has 1 amide bonds. The summed E-state index contributed by atoms with van der Waals surface area (Å²) in [5, 5.41) is 1.31. The summed E-state index contributed by atoms with van der Waals surface area (Å²) in [5.41, 5.74) is 0.837. The van der Waals surface area contributed by atoms with Gasteiger partial charge in [0.15, 0.2) is 0 Å². The summed E-state index contributed by atoms with van der Waals surface area (Å²) in [6.07, 6.45) is 1.23. The lowest BCUT2D eigenvalue weighted by Crippen LogP contribution is -2.30. The predicted molar refractivity (Wildman–Crippen MR) is 90.7 cm³/mol. The minimum absolute atomic E-state index is 0.179. The predicted octanol–water partition coefficient (Wildman–Crippen LogP) is 3.00. The minimum Gasteiger partial charge on any atom is -0.497 e. The van der Waals surface area contributed by atoms with Crippen LogP contribution in [-0.4, -0.2) is 51.2 Å². The summed E-state index contributed by atoms with van der Waals surface area (Å²) in [6.45, 7) is 5.58. The van der Waals surface area contributed by atoms with Crippen molar-refractivity contribution in [2.75, 3.05) is 40.3 Å².